The first kappa shape index (κ1) is 17.4. The molecule has 4 nitrogen and oxygen atoms in total. The number of aliphatic hydroxyl groups is 2. The molecule has 0 atom stereocenters. The van der Waals surface area contributed by atoms with Gasteiger partial charge in [0.2, 0.25) is 0 Å². The second-order valence-corrected chi connectivity index (χ2v) is 5.80. The lowest BCUT2D eigenvalue weighted by Gasteiger charge is -2.03. The van der Waals surface area contributed by atoms with Crippen molar-refractivity contribution in [2.45, 2.75) is 39.4 Å². The summed E-state index contributed by atoms with van der Waals surface area (Å²) >= 11 is 7.24. The largest absolute Gasteiger partial charge is 0.466 e. The van der Waals surface area contributed by atoms with Gasteiger partial charge in [0.1, 0.15) is 0 Å². The molecule has 1 aromatic rings. The average Bonchev–Trinajstić information content (AvgIpc) is 2.59. The molecule has 1 aromatic heterocycles. The number of hydrogen-bond donors (Lipinski definition) is 2. The van der Waals surface area contributed by atoms with Crippen LogP contribution in [0.1, 0.15) is 32.1 Å². The highest BCUT2D eigenvalue weighted by Gasteiger charge is 2.04. The first-order valence-corrected chi connectivity index (χ1v) is 6.76. The Morgan fingerprint density at radius 2 is 2.00 bits per heavy atom. The first-order valence-electron chi connectivity index (χ1n) is 5.57. The van der Waals surface area contributed by atoms with E-state index in [1.807, 2.05) is 12.1 Å². The van der Waals surface area contributed by atoms with Crippen LogP contribution in [0.25, 0.3) is 0 Å². The molecule has 0 bridgehead atoms. The topological polar surface area (TPSA) is 66.8 Å². The Bertz CT molecular complexity index is 351. The molecule has 1 heterocycles. The number of rotatable bonds is 4. The fourth-order valence-corrected chi connectivity index (χ4v) is 2.03. The van der Waals surface area contributed by atoms with Crippen molar-refractivity contribution in [1.29, 1.82) is 0 Å². The Morgan fingerprint density at radius 3 is 2.39 bits per heavy atom. The molecule has 0 aliphatic heterocycles. The maximum atomic E-state index is 11.0. The molecule has 0 unspecified atom stereocenters. The lowest BCUT2D eigenvalue weighted by atomic mass is 10.3. The zero-order valence-electron chi connectivity index (χ0n) is 10.8. The van der Waals surface area contributed by atoms with E-state index in [0.717, 1.165) is 15.6 Å². The van der Waals surface area contributed by atoms with Crippen molar-refractivity contribution in [3.8, 4) is 0 Å². The summed E-state index contributed by atoms with van der Waals surface area (Å²) in [5.74, 6) is -1.65. The van der Waals surface area contributed by atoms with E-state index in [9.17, 15) is 4.79 Å². The van der Waals surface area contributed by atoms with Gasteiger partial charge >= 0.3 is 5.97 Å². The minimum absolute atomic E-state index is 0.146. The van der Waals surface area contributed by atoms with Crippen LogP contribution in [0.4, 0.5) is 0 Å². The van der Waals surface area contributed by atoms with Gasteiger partial charge in [-0.25, -0.2) is 0 Å². The molecule has 104 valence electrons. The number of hydrogen-bond acceptors (Lipinski definition) is 5. The fraction of sp³-hybridized carbons (Fsp3) is 0.583. The first-order chi connectivity index (χ1) is 8.22. The highest BCUT2D eigenvalue weighted by Crippen LogP contribution is 2.22. The molecule has 6 heteroatoms. The van der Waals surface area contributed by atoms with Gasteiger partial charge in [-0.05, 0) is 39.3 Å². The quantitative estimate of drug-likeness (QED) is 0.662. The van der Waals surface area contributed by atoms with Gasteiger partial charge in [-0.1, -0.05) is 11.6 Å². The second kappa shape index (κ2) is 8.48. The van der Waals surface area contributed by atoms with Crippen LogP contribution in [0.2, 0.25) is 4.34 Å². The van der Waals surface area contributed by atoms with Gasteiger partial charge in [0.25, 0.3) is 0 Å². The molecule has 18 heavy (non-hydrogen) atoms. The van der Waals surface area contributed by atoms with Crippen molar-refractivity contribution in [1.82, 2.24) is 0 Å². The van der Waals surface area contributed by atoms with E-state index < -0.39 is 5.79 Å². The summed E-state index contributed by atoms with van der Waals surface area (Å²) in [5, 5.41) is 16.2. The van der Waals surface area contributed by atoms with Crippen LogP contribution in [0.5, 0.6) is 0 Å². The molecule has 0 radical (unpaired) electrons. The number of thiophene rings is 1. The van der Waals surface area contributed by atoms with Crippen LogP contribution >= 0.6 is 22.9 Å². The predicted molar refractivity (Wildman–Crippen MR) is 72.8 cm³/mol. The number of carbonyl (C=O) groups is 1. The average molecular weight is 295 g/mol. The van der Waals surface area contributed by atoms with E-state index in [1.54, 1.807) is 6.92 Å². The van der Waals surface area contributed by atoms with Crippen molar-refractivity contribution in [3.05, 3.63) is 21.3 Å². The SMILES string of the molecule is CC(C)(O)O.CCOC(=O)CCc1ccc(Cl)s1. The lowest BCUT2D eigenvalue weighted by molar-refractivity contribution is -0.143. The normalized spacial score (nSPS) is 10.6. The molecular formula is C12H19ClO4S. The molecule has 0 aliphatic carbocycles. The van der Waals surface area contributed by atoms with Gasteiger partial charge in [-0.15, -0.1) is 11.3 Å². The molecule has 0 saturated carbocycles. The molecule has 0 saturated heterocycles. The van der Waals surface area contributed by atoms with Crippen molar-refractivity contribution in [2.75, 3.05) is 6.61 Å². The Labute approximate surface area is 116 Å². The second-order valence-electron chi connectivity index (χ2n) is 4.01. The van der Waals surface area contributed by atoms with Crippen molar-refractivity contribution < 1.29 is 19.7 Å². The van der Waals surface area contributed by atoms with Crippen LogP contribution in [0.15, 0.2) is 12.1 Å². The summed E-state index contributed by atoms with van der Waals surface area (Å²) in [7, 11) is 0. The summed E-state index contributed by atoms with van der Waals surface area (Å²) in [6, 6.07) is 3.78. The van der Waals surface area contributed by atoms with Crippen molar-refractivity contribution >= 4 is 28.9 Å². The Balaban J connectivity index is 0.000000494. The van der Waals surface area contributed by atoms with E-state index in [4.69, 9.17) is 26.6 Å². The summed E-state index contributed by atoms with van der Waals surface area (Å²) in [6.45, 7) is 4.85. The highest BCUT2D eigenvalue weighted by atomic mass is 35.5. The molecule has 0 aliphatic rings. The van der Waals surface area contributed by atoms with Crippen LogP contribution in [-0.4, -0.2) is 28.6 Å². The maximum absolute atomic E-state index is 11.0. The van der Waals surface area contributed by atoms with Crippen molar-refractivity contribution in [2.24, 2.45) is 0 Å². The van der Waals surface area contributed by atoms with E-state index in [1.165, 1.54) is 25.2 Å². The maximum Gasteiger partial charge on any atom is 0.306 e. The van der Waals surface area contributed by atoms with E-state index >= 15 is 0 Å². The molecule has 0 aromatic carbocycles. The molecule has 0 fully saturated rings. The van der Waals surface area contributed by atoms with Gasteiger partial charge < -0.3 is 14.9 Å². The van der Waals surface area contributed by atoms with Gasteiger partial charge in [-0.2, -0.15) is 0 Å². The van der Waals surface area contributed by atoms with E-state index in [-0.39, 0.29) is 5.97 Å². The van der Waals surface area contributed by atoms with Crippen LogP contribution in [0.3, 0.4) is 0 Å². The number of aryl methyl sites for hydroxylation is 1. The van der Waals surface area contributed by atoms with Gasteiger partial charge in [0.05, 0.1) is 17.4 Å². The fourth-order valence-electron chi connectivity index (χ4n) is 0.945. The van der Waals surface area contributed by atoms with Gasteiger partial charge in [0.15, 0.2) is 5.79 Å². The van der Waals surface area contributed by atoms with Crippen LogP contribution in [0, 0.1) is 0 Å². The number of carbonyl (C=O) groups excluding carboxylic acids is 1. The van der Waals surface area contributed by atoms with Crippen LogP contribution in [-0.2, 0) is 16.0 Å². The Hall–Kier alpha value is -0.620. The monoisotopic (exact) mass is 294 g/mol. The number of esters is 1. The third kappa shape index (κ3) is 11.9. The third-order valence-electron chi connectivity index (χ3n) is 1.51. The summed E-state index contributed by atoms with van der Waals surface area (Å²) in [4.78, 5) is 12.1. The summed E-state index contributed by atoms with van der Waals surface area (Å²) in [6.07, 6.45) is 1.15. The van der Waals surface area contributed by atoms with Crippen molar-refractivity contribution in [3.63, 3.8) is 0 Å². The molecule has 1 rings (SSSR count). The Kier molecular flexibility index (Phi) is 8.18. The lowest BCUT2D eigenvalue weighted by Crippen LogP contribution is -2.15. The van der Waals surface area contributed by atoms with Crippen LogP contribution < -0.4 is 0 Å². The zero-order chi connectivity index (χ0) is 14.2. The molecule has 0 amide bonds. The smallest absolute Gasteiger partial charge is 0.306 e. The van der Waals surface area contributed by atoms with Gasteiger partial charge in [0, 0.05) is 4.88 Å². The standard InChI is InChI=1S/C9H11ClO2S.C3H8O2/c1-2-12-9(11)6-4-7-3-5-8(10)13-7;1-3(2,4)5/h3,5H,2,4,6H2,1H3;4-5H,1-2H3. The van der Waals surface area contributed by atoms with E-state index in [0.29, 0.717) is 13.0 Å². The summed E-state index contributed by atoms with van der Waals surface area (Å²) in [5.41, 5.74) is 0. The minimum atomic E-state index is -1.50. The molecule has 2 N–H and O–H groups in total. The molecular weight excluding hydrogens is 276 g/mol. The number of halogens is 1. The predicted octanol–water partition coefficient (Wildman–Crippen LogP) is 2.60. The Morgan fingerprint density at radius 1 is 1.44 bits per heavy atom. The number of ether oxygens (including phenoxy) is 1. The zero-order valence-corrected chi connectivity index (χ0v) is 12.3. The minimum Gasteiger partial charge on any atom is -0.466 e. The highest BCUT2D eigenvalue weighted by molar-refractivity contribution is 7.16. The van der Waals surface area contributed by atoms with Gasteiger partial charge in [-0.3, -0.25) is 4.79 Å². The summed E-state index contributed by atoms with van der Waals surface area (Å²) < 4.78 is 5.57. The third-order valence-corrected chi connectivity index (χ3v) is 2.80. The van der Waals surface area contributed by atoms with E-state index in [2.05, 4.69) is 0 Å². The molecule has 0 spiro atoms.